The fourth-order valence-corrected chi connectivity index (χ4v) is 3.46. The van der Waals surface area contributed by atoms with E-state index in [-0.39, 0.29) is 5.97 Å². The molecule has 102 valence electrons. The standard InChI is InChI=1S/C13H14Br2N2O2/c1-2-19-13(18)10(16)3-7-6-17-11-5-8(14)4-9(15)12(7)11/h4-6,10,17H,2-3,16H2,1H3. The quantitative estimate of drug-likeness (QED) is 0.789. The molecule has 0 saturated heterocycles. The van der Waals surface area contributed by atoms with Gasteiger partial charge in [-0.3, -0.25) is 4.79 Å². The van der Waals surface area contributed by atoms with Crippen molar-refractivity contribution in [1.29, 1.82) is 0 Å². The molecular formula is C13H14Br2N2O2. The Morgan fingerprint density at radius 3 is 2.89 bits per heavy atom. The molecule has 0 fully saturated rings. The summed E-state index contributed by atoms with van der Waals surface area (Å²) in [7, 11) is 0. The number of fused-ring (bicyclic) bond motifs is 1. The molecule has 4 nitrogen and oxygen atoms in total. The molecule has 6 heteroatoms. The first kappa shape index (κ1) is 14.6. The maximum atomic E-state index is 11.6. The molecule has 0 aliphatic rings. The van der Waals surface area contributed by atoms with Gasteiger partial charge in [-0.1, -0.05) is 31.9 Å². The number of rotatable bonds is 4. The zero-order valence-electron chi connectivity index (χ0n) is 10.4. The third-order valence-corrected chi connectivity index (χ3v) is 3.89. The van der Waals surface area contributed by atoms with Crippen molar-refractivity contribution in [2.75, 3.05) is 6.61 Å². The lowest BCUT2D eigenvalue weighted by Crippen LogP contribution is -2.34. The number of esters is 1. The summed E-state index contributed by atoms with van der Waals surface area (Å²) in [5.41, 5.74) is 7.84. The van der Waals surface area contributed by atoms with Crippen molar-refractivity contribution in [3.05, 3.63) is 32.8 Å². The molecule has 0 radical (unpaired) electrons. The number of carbonyl (C=O) groups excluding carboxylic acids is 1. The largest absolute Gasteiger partial charge is 0.465 e. The molecule has 2 aromatic rings. The molecule has 0 spiro atoms. The minimum atomic E-state index is -0.644. The van der Waals surface area contributed by atoms with E-state index in [1.165, 1.54) is 0 Å². The monoisotopic (exact) mass is 388 g/mol. The SMILES string of the molecule is CCOC(=O)C(N)Cc1c[nH]c2cc(Br)cc(Br)c12. The van der Waals surface area contributed by atoms with Crippen LogP contribution < -0.4 is 5.73 Å². The normalized spacial score (nSPS) is 12.6. The molecule has 1 aromatic carbocycles. The van der Waals surface area contributed by atoms with Gasteiger partial charge in [-0.05, 0) is 24.6 Å². The van der Waals surface area contributed by atoms with Gasteiger partial charge in [-0.25, -0.2) is 0 Å². The lowest BCUT2D eigenvalue weighted by atomic mass is 10.1. The Kier molecular flexibility index (Phi) is 4.65. The van der Waals surface area contributed by atoms with Crippen LogP contribution in [0.25, 0.3) is 10.9 Å². The van der Waals surface area contributed by atoms with Crippen LogP contribution in [0.2, 0.25) is 0 Å². The minimum Gasteiger partial charge on any atom is -0.465 e. The zero-order chi connectivity index (χ0) is 14.0. The molecule has 1 atom stereocenters. The highest BCUT2D eigenvalue weighted by Crippen LogP contribution is 2.31. The van der Waals surface area contributed by atoms with Crippen LogP contribution in [0.1, 0.15) is 12.5 Å². The Morgan fingerprint density at radius 1 is 1.47 bits per heavy atom. The van der Waals surface area contributed by atoms with Crippen LogP contribution in [0.5, 0.6) is 0 Å². The van der Waals surface area contributed by atoms with Gasteiger partial charge < -0.3 is 15.5 Å². The predicted molar refractivity (Wildman–Crippen MR) is 82.0 cm³/mol. The Balaban J connectivity index is 2.29. The fourth-order valence-electron chi connectivity index (χ4n) is 1.98. The van der Waals surface area contributed by atoms with Gasteiger partial charge in [0.15, 0.2) is 0 Å². The van der Waals surface area contributed by atoms with Gasteiger partial charge in [0.25, 0.3) is 0 Å². The Morgan fingerprint density at radius 2 is 2.21 bits per heavy atom. The highest BCUT2D eigenvalue weighted by atomic mass is 79.9. The number of halogens is 2. The number of nitrogens with two attached hydrogens (primary N) is 1. The summed E-state index contributed by atoms with van der Waals surface area (Å²) >= 11 is 6.97. The molecule has 0 saturated carbocycles. The zero-order valence-corrected chi connectivity index (χ0v) is 13.5. The number of H-pyrrole nitrogens is 1. The highest BCUT2D eigenvalue weighted by Gasteiger charge is 2.18. The van der Waals surface area contributed by atoms with E-state index in [2.05, 4.69) is 36.8 Å². The average molecular weight is 390 g/mol. The van der Waals surface area contributed by atoms with E-state index in [0.29, 0.717) is 13.0 Å². The van der Waals surface area contributed by atoms with E-state index in [1.54, 1.807) is 6.92 Å². The number of aromatic nitrogens is 1. The van der Waals surface area contributed by atoms with Crippen LogP contribution in [0.15, 0.2) is 27.3 Å². The molecule has 2 rings (SSSR count). The number of nitrogens with one attached hydrogen (secondary N) is 1. The number of hydrogen-bond donors (Lipinski definition) is 2. The first-order chi connectivity index (χ1) is 9.02. The smallest absolute Gasteiger partial charge is 0.323 e. The fraction of sp³-hybridized carbons (Fsp3) is 0.308. The molecule has 1 unspecified atom stereocenters. The molecule has 0 aliphatic carbocycles. The van der Waals surface area contributed by atoms with E-state index >= 15 is 0 Å². The molecule has 0 amide bonds. The van der Waals surface area contributed by atoms with E-state index in [4.69, 9.17) is 10.5 Å². The third kappa shape index (κ3) is 3.19. The number of ether oxygens (including phenoxy) is 1. The average Bonchev–Trinajstić information content (AvgIpc) is 2.72. The van der Waals surface area contributed by atoms with Crippen molar-refractivity contribution >= 4 is 48.7 Å². The second-order valence-corrected chi connectivity index (χ2v) is 5.96. The molecular weight excluding hydrogens is 376 g/mol. The van der Waals surface area contributed by atoms with Crippen LogP contribution in [0.3, 0.4) is 0 Å². The molecule has 1 aromatic heterocycles. The Labute approximate surface area is 127 Å². The summed E-state index contributed by atoms with van der Waals surface area (Å²) in [4.78, 5) is 14.7. The van der Waals surface area contributed by atoms with E-state index in [1.807, 2.05) is 18.3 Å². The van der Waals surface area contributed by atoms with Crippen LogP contribution in [-0.2, 0) is 16.0 Å². The predicted octanol–water partition coefficient (Wildman–Crippen LogP) is 3.13. The summed E-state index contributed by atoms with van der Waals surface area (Å²) in [6.45, 7) is 2.11. The second-order valence-electron chi connectivity index (χ2n) is 4.19. The van der Waals surface area contributed by atoms with Crippen LogP contribution in [0.4, 0.5) is 0 Å². The number of benzene rings is 1. The van der Waals surface area contributed by atoms with E-state index in [0.717, 1.165) is 25.4 Å². The Hall–Kier alpha value is -0.850. The number of aromatic amines is 1. The molecule has 0 bridgehead atoms. The molecule has 3 N–H and O–H groups in total. The van der Waals surface area contributed by atoms with Crippen LogP contribution >= 0.6 is 31.9 Å². The van der Waals surface area contributed by atoms with Crippen molar-refractivity contribution in [1.82, 2.24) is 4.98 Å². The van der Waals surface area contributed by atoms with Gasteiger partial charge in [0.05, 0.1) is 6.61 Å². The lowest BCUT2D eigenvalue weighted by molar-refractivity contribution is -0.144. The minimum absolute atomic E-state index is 0.344. The van der Waals surface area contributed by atoms with Crippen molar-refractivity contribution < 1.29 is 9.53 Å². The topological polar surface area (TPSA) is 68.1 Å². The van der Waals surface area contributed by atoms with Crippen molar-refractivity contribution in [3.8, 4) is 0 Å². The Bertz CT molecular complexity index is 610. The molecule has 19 heavy (non-hydrogen) atoms. The highest BCUT2D eigenvalue weighted by molar-refractivity contribution is 9.11. The van der Waals surface area contributed by atoms with Gasteiger partial charge in [-0.15, -0.1) is 0 Å². The number of carbonyl (C=O) groups is 1. The summed E-state index contributed by atoms with van der Waals surface area (Å²) < 4.78 is 6.86. The molecule has 0 aliphatic heterocycles. The summed E-state index contributed by atoms with van der Waals surface area (Å²) in [6.07, 6.45) is 2.32. The van der Waals surface area contributed by atoms with Crippen molar-refractivity contribution in [2.45, 2.75) is 19.4 Å². The maximum absolute atomic E-state index is 11.6. The van der Waals surface area contributed by atoms with Gasteiger partial charge in [0.2, 0.25) is 0 Å². The van der Waals surface area contributed by atoms with Gasteiger partial charge in [0.1, 0.15) is 6.04 Å². The second kappa shape index (κ2) is 6.07. The van der Waals surface area contributed by atoms with E-state index in [9.17, 15) is 4.79 Å². The van der Waals surface area contributed by atoms with Gasteiger partial charge >= 0.3 is 5.97 Å². The summed E-state index contributed by atoms with van der Waals surface area (Å²) in [5, 5.41) is 1.04. The van der Waals surface area contributed by atoms with E-state index < -0.39 is 6.04 Å². The maximum Gasteiger partial charge on any atom is 0.323 e. The number of hydrogen-bond acceptors (Lipinski definition) is 3. The van der Waals surface area contributed by atoms with Gasteiger partial charge in [0, 0.05) is 32.5 Å². The molecule has 1 heterocycles. The third-order valence-electron chi connectivity index (χ3n) is 2.81. The summed E-state index contributed by atoms with van der Waals surface area (Å²) in [5.74, 6) is -0.370. The van der Waals surface area contributed by atoms with Crippen molar-refractivity contribution in [3.63, 3.8) is 0 Å². The summed E-state index contributed by atoms with van der Waals surface area (Å²) in [6, 6.07) is 3.31. The van der Waals surface area contributed by atoms with Crippen LogP contribution in [-0.4, -0.2) is 23.6 Å². The van der Waals surface area contributed by atoms with Crippen molar-refractivity contribution in [2.24, 2.45) is 5.73 Å². The van der Waals surface area contributed by atoms with Gasteiger partial charge in [-0.2, -0.15) is 0 Å². The first-order valence-corrected chi connectivity index (χ1v) is 7.48. The lowest BCUT2D eigenvalue weighted by Gasteiger charge is -2.10. The van der Waals surface area contributed by atoms with Crippen LogP contribution in [0, 0.1) is 0 Å². The first-order valence-electron chi connectivity index (χ1n) is 5.90.